The number of rotatable bonds is 9. The van der Waals surface area contributed by atoms with Crippen molar-refractivity contribution in [3.05, 3.63) is 22.9 Å². The lowest BCUT2D eigenvalue weighted by atomic mass is 9.91. The molecule has 0 aromatic carbocycles. The van der Waals surface area contributed by atoms with E-state index in [9.17, 15) is 10.5 Å². The summed E-state index contributed by atoms with van der Waals surface area (Å²) in [6.45, 7) is 13.2. The maximum absolute atomic E-state index is 9.49. The fourth-order valence-corrected chi connectivity index (χ4v) is 3.92. The first-order valence-electron chi connectivity index (χ1n) is 11.6. The molecule has 1 N–H and O–H groups in total. The molecule has 1 unspecified atom stereocenters. The molecule has 1 atom stereocenters. The molecule has 0 aliphatic rings. The van der Waals surface area contributed by atoms with Gasteiger partial charge in [-0.15, -0.1) is 20.4 Å². The van der Waals surface area contributed by atoms with Crippen LogP contribution in [0.15, 0.2) is 10.2 Å². The summed E-state index contributed by atoms with van der Waals surface area (Å²) in [6, 6.07) is 4.04. The predicted octanol–water partition coefficient (Wildman–Crippen LogP) is 5.80. The van der Waals surface area contributed by atoms with E-state index in [1.807, 2.05) is 17.5 Å². The van der Waals surface area contributed by atoms with Crippen LogP contribution in [0, 0.1) is 22.7 Å². The van der Waals surface area contributed by atoms with Gasteiger partial charge in [0.2, 0.25) is 5.65 Å². The third-order valence-corrected chi connectivity index (χ3v) is 5.72. The predicted molar refractivity (Wildman–Crippen MR) is 125 cm³/mol. The molecule has 3 rings (SSSR count). The zero-order chi connectivity index (χ0) is 24.2. The van der Waals surface area contributed by atoms with Crippen molar-refractivity contribution in [1.29, 1.82) is 10.5 Å². The smallest absolute Gasteiger partial charge is 0.251 e. The zero-order valence-corrected chi connectivity index (χ0v) is 20.3. The molecule has 0 amide bonds. The Balaban J connectivity index is 2.14. The molecule has 0 radical (unpaired) electrons. The van der Waals surface area contributed by atoms with Crippen LogP contribution in [0.4, 0.5) is 11.6 Å². The van der Waals surface area contributed by atoms with Gasteiger partial charge < -0.3 is 0 Å². The first kappa shape index (κ1) is 24.1. The number of nitrogens with one attached hydrogen (secondary N) is 1. The van der Waals surface area contributed by atoms with E-state index in [0.29, 0.717) is 23.8 Å². The van der Waals surface area contributed by atoms with Gasteiger partial charge in [-0.05, 0) is 19.3 Å². The fraction of sp³-hybridized carbons (Fsp3) is 0.609. The van der Waals surface area contributed by atoms with Gasteiger partial charge in [-0.2, -0.15) is 15.5 Å². The lowest BCUT2D eigenvalue weighted by Gasteiger charge is -2.17. The van der Waals surface area contributed by atoms with E-state index >= 15 is 0 Å². The van der Waals surface area contributed by atoms with Crippen molar-refractivity contribution in [1.82, 2.24) is 29.4 Å². The highest BCUT2D eigenvalue weighted by atomic mass is 15.4. The number of unbranched alkanes of at least 4 members (excludes halogenated alkanes) is 1. The van der Waals surface area contributed by atoms with E-state index in [1.54, 1.807) is 4.57 Å². The summed E-state index contributed by atoms with van der Waals surface area (Å²) in [6.07, 6.45) is 5.06. The number of H-pyrrole nitrogens is 1. The number of nitriles is 2. The molecule has 0 aliphatic carbocycles. The average molecular weight is 449 g/mol. The summed E-state index contributed by atoms with van der Waals surface area (Å²) in [7, 11) is 0. The minimum absolute atomic E-state index is 0.0571. The van der Waals surface area contributed by atoms with E-state index in [1.165, 1.54) is 0 Å². The van der Waals surface area contributed by atoms with Gasteiger partial charge >= 0.3 is 0 Å². The van der Waals surface area contributed by atoms with E-state index in [-0.39, 0.29) is 22.8 Å². The van der Waals surface area contributed by atoms with Gasteiger partial charge in [0, 0.05) is 17.9 Å². The third-order valence-electron chi connectivity index (χ3n) is 5.72. The Morgan fingerprint density at radius 3 is 2.39 bits per heavy atom. The molecule has 174 valence electrons. The van der Waals surface area contributed by atoms with Gasteiger partial charge in [0.05, 0.1) is 5.69 Å². The SMILES string of the molecule is CCCCC(CC)c1nnc2c(N=Nc3nc(C#N)c(C#N)n3CCC)c(C(C)(C)C)[nH]n12. The van der Waals surface area contributed by atoms with Crippen LogP contribution in [0.2, 0.25) is 0 Å². The van der Waals surface area contributed by atoms with E-state index in [4.69, 9.17) is 0 Å². The molecule has 10 heteroatoms. The number of hydrogen-bond donors (Lipinski definition) is 1. The number of hydrogen-bond acceptors (Lipinski definition) is 7. The largest absolute Gasteiger partial charge is 0.298 e. The van der Waals surface area contributed by atoms with Gasteiger partial charge in [0.1, 0.15) is 12.1 Å². The maximum Gasteiger partial charge on any atom is 0.251 e. The van der Waals surface area contributed by atoms with Gasteiger partial charge in [-0.3, -0.25) is 9.67 Å². The first-order chi connectivity index (χ1) is 15.8. The van der Waals surface area contributed by atoms with Crippen molar-refractivity contribution in [2.75, 3.05) is 0 Å². The van der Waals surface area contributed by atoms with Crippen molar-refractivity contribution < 1.29 is 0 Å². The highest BCUT2D eigenvalue weighted by Crippen LogP contribution is 2.36. The number of aromatic nitrogens is 6. The Labute approximate surface area is 194 Å². The second-order valence-electron chi connectivity index (χ2n) is 9.23. The highest BCUT2D eigenvalue weighted by molar-refractivity contribution is 5.68. The second kappa shape index (κ2) is 9.95. The Morgan fingerprint density at radius 1 is 1.06 bits per heavy atom. The molecule has 3 aromatic heterocycles. The molecule has 10 nitrogen and oxygen atoms in total. The van der Waals surface area contributed by atoms with Crippen LogP contribution in [-0.4, -0.2) is 29.4 Å². The molecule has 0 aliphatic heterocycles. The van der Waals surface area contributed by atoms with Crippen molar-refractivity contribution in [3.63, 3.8) is 0 Å². The summed E-state index contributed by atoms with van der Waals surface area (Å²) < 4.78 is 3.56. The number of fused-ring (bicyclic) bond motifs is 1. The van der Waals surface area contributed by atoms with Crippen LogP contribution in [0.25, 0.3) is 5.65 Å². The van der Waals surface area contributed by atoms with Crippen LogP contribution >= 0.6 is 0 Å². The van der Waals surface area contributed by atoms with Crippen molar-refractivity contribution in [3.8, 4) is 12.1 Å². The molecule has 0 saturated carbocycles. The highest BCUT2D eigenvalue weighted by Gasteiger charge is 2.28. The van der Waals surface area contributed by atoms with Crippen molar-refractivity contribution in [2.45, 2.75) is 91.5 Å². The second-order valence-corrected chi connectivity index (χ2v) is 9.23. The van der Waals surface area contributed by atoms with E-state index in [2.05, 4.69) is 71.2 Å². The van der Waals surface area contributed by atoms with Gasteiger partial charge in [0.25, 0.3) is 5.95 Å². The Bertz CT molecular complexity index is 1220. The van der Waals surface area contributed by atoms with E-state index < -0.39 is 0 Å². The quantitative estimate of drug-likeness (QED) is 0.412. The van der Waals surface area contributed by atoms with Crippen LogP contribution < -0.4 is 0 Å². The van der Waals surface area contributed by atoms with Crippen LogP contribution in [-0.2, 0) is 12.0 Å². The molecule has 3 aromatic rings. The molecule has 33 heavy (non-hydrogen) atoms. The Morgan fingerprint density at radius 2 is 1.82 bits per heavy atom. The summed E-state index contributed by atoms with van der Waals surface area (Å²) in [5.74, 6) is 1.44. The average Bonchev–Trinajstić information content (AvgIpc) is 3.45. The lowest BCUT2D eigenvalue weighted by Crippen LogP contribution is -2.13. The van der Waals surface area contributed by atoms with Crippen LogP contribution in [0.5, 0.6) is 0 Å². The number of imidazole rings is 1. The van der Waals surface area contributed by atoms with Gasteiger partial charge in [-0.1, -0.05) is 54.4 Å². The first-order valence-corrected chi connectivity index (χ1v) is 11.6. The summed E-state index contributed by atoms with van der Waals surface area (Å²) in [4.78, 5) is 4.24. The van der Waals surface area contributed by atoms with Gasteiger partial charge in [-0.25, -0.2) is 4.52 Å². The van der Waals surface area contributed by atoms with Crippen LogP contribution in [0.1, 0.15) is 102 Å². The van der Waals surface area contributed by atoms with Crippen molar-refractivity contribution >= 4 is 17.3 Å². The summed E-state index contributed by atoms with van der Waals surface area (Å²) >= 11 is 0. The summed E-state index contributed by atoms with van der Waals surface area (Å²) in [5.41, 5.74) is 2.11. The maximum atomic E-state index is 9.49. The minimum Gasteiger partial charge on any atom is -0.298 e. The Hall–Kier alpha value is -3.53. The third kappa shape index (κ3) is 4.65. The number of aromatic amines is 1. The summed E-state index contributed by atoms with van der Waals surface area (Å²) in [5, 5.41) is 40.1. The molecule has 0 spiro atoms. The monoisotopic (exact) mass is 448 g/mol. The molecule has 3 heterocycles. The minimum atomic E-state index is -0.244. The molecule has 0 bridgehead atoms. The zero-order valence-electron chi connectivity index (χ0n) is 20.3. The standard InChI is InChI=1S/C23H32N10/c1-7-10-11-15(9-3)20-28-29-21-18(19(23(4,5)6)31-33(20)21)27-30-22-26-16(13-24)17(14-25)32(22)12-8-2/h15,31H,7-12H2,1-6H3. The number of nitrogens with zero attached hydrogens (tertiary/aromatic N) is 9. The molecule has 0 fully saturated rings. The lowest BCUT2D eigenvalue weighted by molar-refractivity contribution is 0.521. The Kier molecular flexibility index (Phi) is 7.27. The fourth-order valence-electron chi connectivity index (χ4n) is 3.92. The molecule has 0 saturated heterocycles. The molecular formula is C23H32N10. The van der Waals surface area contributed by atoms with Gasteiger partial charge in [0.15, 0.2) is 22.9 Å². The number of azo groups is 1. The van der Waals surface area contributed by atoms with Crippen LogP contribution in [0.3, 0.4) is 0 Å². The topological polar surface area (TPSA) is 136 Å². The van der Waals surface area contributed by atoms with Crippen molar-refractivity contribution in [2.24, 2.45) is 10.2 Å². The van der Waals surface area contributed by atoms with E-state index in [0.717, 1.165) is 43.6 Å². The normalized spacial score (nSPS) is 13.0. The molecular weight excluding hydrogens is 416 g/mol.